The molecule has 0 bridgehead atoms. The van der Waals surface area contributed by atoms with Gasteiger partial charge in [-0.2, -0.15) is 10.2 Å². The van der Waals surface area contributed by atoms with Crippen LogP contribution in [0.4, 0.5) is 0 Å². The maximum absolute atomic E-state index is 7.09. The van der Waals surface area contributed by atoms with Crippen molar-refractivity contribution in [3.05, 3.63) is 29.6 Å². The summed E-state index contributed by atoms with van der Waals surface area (Å²) in [5, 5.41) is 14.5. The van der Waals surface area contributed by atoms with Gasteiger partial charge in [0.15, 0.2) is 0 Å². The molecule has 1 rings (SSSR count). The molecule has 1 aromatic heterocycles. The predicted molar refractivity (Wildman–Crippen MR) is 53.0 cm³/mol. The fourth-order valence-corrected chi connectivity index (χ4v) is 0.943. The highest BCUT2D eigenvalue weighted by atomic mass is 15.1. The second-order valence-corrected chi connectivity index (χ2v) is 2.47. The molecule has 0 spiro atoms. The maximum Gasteiger partial charge on any atom is 0.0755 e. The van der Waals surface area contributed by atoms with Crippen LogP contribution >= 0.6 is 0 Å². The standard InChI is InChI=1S/C9H10N4/c1-7(5-10)9(11-2)8-3-4-12-13-6-8/h3-6,10H,2H2,1H3/b9-7-,10-5?. The van der Waals surface area contributed by atoms with E-state index in [9.17, 15) is 0 Å². The third-order valence-electron chi connectivity index (χ3n) is 1.61. The first-order valence-corrected chi connectivity index (χ1v) is 3.74. The third-order valence-corrected chi connectivity index (χ3v) is 1.61. The Hall–Kier alpha value is -1.84. The van der Waals surface area contributed by atoms with Crippen LogP contribution in [0.3, 0.4) is 0 Å². The minimum absolute atomic E-state index is 0.671. The average molecular weight is 174 g/mol. The largest absolute Gasteiger partial charge is 0.308 e. The van der Waals surface area contributed by atoms with E-state index in [1.54, 1.807) is 25.4 Å². The summed E-state index contributed by atoms with van der Waals surface area (Å²) in [5.41, 5.74) is 2.25. The molecule has 0 radical (unpaired) electrons. The Bertz CT molecular complexity index is 340. The van der Waals surface area contributed by atoms with Crippen LogP contribution in [0.2, 0.25) is 0 Å². The second-order valence-electron chi connectivity index (χ2n) is 2.47. The fourth-order valence-electron chi connectivity index (χ4n) is 0.943. The Balaban J connectivity index is 3.20. The van der Waals surface area contributed by atoms with E-state index in [-0.39, 0.29) is 0 Å². The monoisotopic (exact) mass is 174 g/mol. The maximum atomic E-state index is 7.09. The van der Waals surface area contributed by atoms with Gasteiger partial charge in [0.1, 0.15) is 0 Å². The topological polar surface area (TPSA) is 62.0 Å². The van der Waals surface area contributed by atoms with Crippen molar-refractivity contribution in [2.24, 2.45) is 4.99 Å². The number of hydrogen-bond acceptors (Lipinski definition) is 4. The third kappa shape index (κ3) is 2.05. The first kappa shape index (κ1) is 9.25. The quantitative estimate of drug-likeness (QED) is 0.707. The summed E-state index contributed by atoms with van der Waals surface area (Å²) in [4.78, 5) is 3.84. The summed E-state index contributed by atoms with van der Waals surface area (Å²) in [6, 6.07) is 1.78. The van der Waals surface area contributed by atoms with Crippen LogP contribution in [0, 0.1) is 5.41 Å². The zero-order valence-electron chi connectivity index (χ0n) is 7.36. The average Bonchev–Trinajstić information content (AvgIpc) is 2.20. The molecule has 0 aliphatic heterocycles. The summed E-state index contributed by atoms with van der Waals surface area (Å²) in [5.74, 6) is 0. The Morgan fingerprint density at radius 1 is 1.62 bits per heavy atom. The first-order chi connectivity index (χ1) is 6.29. The first-order valence-electron chi connectivity index (χ1n) is 3.74. The lowest BCUT2D eigenvalue weighted by Crippen LogP contribution is -1.89. The van der Waals surface area contributed by atoms with E-state index < -0.39 is 0 Å². The van der Waals surface area contributed by atoms with Crippen molar-refractivity contribution in [3.63, 3.8) is 0 Å². The zero-order valence-corrected chi connectivity index (χ0v) is 7.36. The van der Waals surface area contributed by atoms with Gasteiger partial charge in [-0.1, -0.05) is 0 Å². The number of aromatic nitrogens is 2. The van der Waals surface area contributed by atoms with Gasteiger partial charge in [0.05, 0.1) is 18.1 Å². The smallest absolute Gasteiger partial charge is 0.0755 e. The molecule has 0 aromatic carbocycles. The summed E-state index contributed by atoms with van der Waals surface area (Å²) in [7, 11) is 0. The number of aliphatic imine (C=N–C) groups is 1. The van der Waals surface area contributed by atoms with Gasteiger partial charge in [-0.25, -0.2) is 0 Å². The molecule has 0 aliphatic carbocycles. The minimum atomic E-state index is 0.671. The van der Waals surface area contributed by atoms with Gasteiger partial charge in [0, 0.05) is 11.8 Å². The van der Waals surface area contributed by atoms with Crippen molar-refractivity contribution < 1.29 is 0 Å². The lowest BCUT2D eigenvalue weighted by molar-refractivity contribution is 1.02. The van der Waals surface area contributed by atoms with E-state index in [2.05, 4.69) is 21.9 Å². The molecule has 0 aliphatic rings. The molecule has 4 heteroatoms. The number of nitrogens with one attached hydrogen (secondary N) is 1. The van der Waals surface area contributed by atoms with Crippen molar-refractivity contribution in [1.29, 1.82) is 5.41 Å². The predicted octanol–water partition coefficient (Wildman–Crippen LogP) is 1.56. The molecule has 1 aromatic rings. The molecule has 0 saturated carbocycles. The molecule has 66 valence electrons. The van der Waals surface area contributed by atoms with Crippen molar-refractivity contribution >= 4 is 18.6 Å². The van der Waals surface area contributed by atoms with E-state index in [1.807, 2.05) is 0 Å². The molecule has 0 atom stereocenters. The second kappa shape index (κ2) is 4.25. The van der Waals surface area contributed by atoms with Crippen LogP contribution in [0.5, 0.6) is 0 Å². The molecule has 4 nitrogen and oxygen atoms in total. The van der Waals surface area contributed by atoms with Crippen LogP contribution in [-0.4, -0.2) is 23.1 Å². The summed E-state index contributed by atoms with van der Waals surface area (Å²) in [6.45, 7) is 5.25. The molecule has 0 fully saturated rings. The summed E-state index contributed by atoms with van der Waals surface area (Å²) >= 11 is 0. The normalized spacial score (nSPS) is 11.8. The number of rotatable bonds is 3. The van der Waals surface area contributed by atoms with E-state index in [0.29, 0.717) is 5.70 Å². The summed E-state index contributed by atoms with van der Waals surface area (Å²) < 4.78 is 0. The lowest BCUT2D eigenvalue weighted by Gasteiger charge is -2.01. The fraction of sp³-hybridized carbons (Fsp3) is 0.111. The van der Waals surface area contributed by atoms with Crippen molar-refractivity contribution in [1.82, 2.24) is 10.2 Å². The van der Waals surface area contributed by atoms with Crippen LogP contribution < -0.4 is 0 Å². The van der Waals surface area contributed by atoms with Gasteiger partial charge in [-0.3, -0.25) is 4.99 Å². The van der Waals surface area contributed by atoms with Crippen molar-refractivity contribution in [2.45, 2.75) is 6.92 Å². The van der Waals surface area contributed by atoms with Gasteiger partial charge < -0.3 is 5.41 Å². The Morgan fingerprint density at radius 3 is 2.85 bits per heavy atom. The van der Waals surface area contributed by atoms with Crippen LogP contribution in [0.25, 0.3) is 5.70 Å². The van der Waals surface area contributed by atoms with E-state index >= 15 is 0 Å². The molecular formula is C9H10N4. The molecule has 0 saturated heterocycles. The number of nitrogens with zero attached hydrogens (tertiary/aromatic N) is 3. The van der Waals surface area contributed by atoms with E-state index in [1.165, 1.54) is 6.21 Å². The van der Waals surface area contributed by atoms with Crippen molar-refractivity contribution in [2.75, 3.05) is 0 Å². The van der Waals surface area contributed by atoms with Gasteiger partial charge in [0.2, 0.25) is 0 Å². The van der Waals surface area contributed by atoms with Crippen LogP contribution in [0.15, 0.2) is 29.0 Å². The number of hydrogen-bond donors (Lipinski definition) is 1. The number of allylic oxidation sites excluding steroid dienone is 1. The van der Waals surface area contributed by atoms with Gasteiger partial charge in [-0.05, 0) is 25.3 Å². The molecule has 13 heavy (non-hydrogen) atoms. The minimum Gasteiger partial charge on any atom is -0.308 e. The highest BCUT2D eigenvalue weighted by Gasteiger charge is 2.01. The Kier molecular flexibility index (Phi) is 3.03. The van der Waals surface area contributed by atoms with E-state index in [0.717, 1.165) is 11.1 Å². The Labute approximate surface area is 76.6 Å². The van der Waals surface area contributed by atoms with Crippen LogP contribution in [-0.2, 0) is 0 Å². The van der Waals surface area contributed by atoms with E-state index in [4.69, 9.17) is 5.41 Å². The van der Waals surface area contributed by atoms with Gasteiger partial charge >= 0.3 is 0 Å². The zero-order chi connectivity index (χ0) is 9.68. The SMILES string of the molecule is C=N/C(=C(/C)C=N)c1ccnnc1. The van der Waals surface area contributed by atoms with Gasteiger partial charge in [0.25, 0.3) is 0 Å². The van der Waals surface area contributed by atoms with Crippen molar-refractivity contribution in [3.8, 4) is 0 Å². The highest BCUT2D eigenvalue weighted by Crippen LogP contribution is 2.16. The molecule has 0 amide bonds. The molecule has 0 unspecified atom stereocenters. The lowest BCUT2D eigenvalue weighted by atomic mass is 10.1. The highest BCUT2D eigenvalue weighted by molar-refractivity contribution is 5.89. The molecule has 1 heterocycles. The van der Waals surface area contributed by atoms with Gasteiger partial charge in [-0.15, -0.1) is 0 Å². The summed E-state index contributed by atoms with van der Waals surface area (Å²) in [6.07, 6.45) is 4.42. The molecule has 1 N–H and O–H groups in total. The Morgan fingerprint density at radius 2 is 2.38 bits per heavy atom. The molecular weight excluding hydrogens is 164 g/mol. The van der Waals surface area contributed by atoms with Crippen LogP contribution in [0.1, 0.15) is 12.5 Å².